The van der Waals surface area contributed by atoms with Crippen molar-refractivity contribution in [2.24, 2.45) is 0 Å². The Kier molecular flexibility index (Phi) is 7.73. The Bertz CT molecular complexity index is 859. The third-order valence-corrected chi connectivity index (χ3v) is 4.89. The molecule has 2 amide bonds. The molecule has 2 rings (SSSR count). The Hall–Kier alpha value is -2.47. The molecule has 0 aliphatic rings. The number of nitrogens with one attached hydrogen (secondary N) is 1. The van der Waals surface area contributed by atoms with Crippen LogP contribution in [0.5, 0.6) is 0 Å². The Morgan fingerprint density at radius 3 is 2.45 bits per heavy atom. The van der Waals surface area contributed by atoms with E-state index in [1.54, 1.807) is 18.8 Å². The van der Waals surface area contributed by atoms with E-state index in [9.17, 15) is 9.59 Å². The number of hydrogen-bond acceptors (Lipinski definition) is 4. The van der Waals surface area contributed by atoms with Crippen LogP contribution in [0.1, 0.15) is 50.5 Å². The van der Waals surface area contributed by atoms with Gasteiger partial charge in [-0.15, -0.1) is 11.8 Å². The van der Waals surface area contributed by atoms with Gasteiger partial charge in [0.1, 0.15) is 5.60 Å². The summed E-state index contributed by atoms with van der Waals surface area (Å²) in [5.41, 5.74) is 1.71. The van der Waals surface area contributed by atoms with E-state index in [-0.39, 0.29) is 12.0 Å². The van der Waals surface area contributed by atoms with E-state index in [2.05, 4.69) is 19.2 Å². The second-order valence-electron chi connectivity index (χ2n) is 8.15. The molecule has 0 unspecified atom stereocenters. The fourth-order valence-electron chi connectivity index (χ4n) is 2.64. The van der Waals surface area contributed by atoms with Crippen LogP contribution < -0.4 is 5.32 Å². The summed E-state index contributed by atoms with van der Waals surface area (Å²) in [6.45, 7) is 10.1. The van der Waals surface area contributed by atoms with E-state index in [0.717, 1.165) is 10.5 Å². The number of nitrogens with zero attached hydrogens (tertiary/aromatic N) is 1. The zero-order valence-electron chi connectivity index (χ0n) is 18.0. The van der Waals surface area contributed by atoms with E-state index >= 15 is 0 Å². The maximum absolute atomic E-state index is 12.8. The number of hydrogen-bond donors (Lipinski definition) is 1. The summed E-state index contributed by atoms with van der Waals surface area (Å²) in [6, 6.07) is 15.1. The summed E-state index contributed by atoms with van der Waals surface area (Å²) < 4.78 is 5.38. The van der Waals surface area contributed by atoms with Gasteiger partial charge in [-0.2, -0.15) is 0 Å². The summed E-state index contributed by atoms with van der Waals surface area (Å²) >= 11 is 1.66. The van der Waals surface area contributed by atoms with Crippen molar-refractivity contribution in [1.29, 1.82) is 0 Å². The molecule has 6 heteroatoms. The van der Waals surface area contributed by atoms with Crippen LogP contribution in [0, 0.1) is 0 Å². The zero-order chi connectivity index (χ0) is 21.6. The molecule has 0 radical (unpaired) electrons. The number of thioether (sulfide) groups is 1. The van der Waals surface area contributed by atoms with Crippen LogP contribution in [0.4, 0.5) is 10.5 Å². The van der Waals surface area contributed by atoms with Gasteiger partial charge in [-0.1, -0.05) is 38.1 Å². The second kappa shape index (κ2) is 9.83. The van der Waals surface area contributed by atoms with E-state index in [4.69, 9.17) is 4.74 Å². The summed E-state index contributed by atoms with van der Waals surface area (Å²) in [6.07, 6.45) is -0.383. The summed E-state index contributed by atoms with van der Waals surface area (Å²) in [4.78, 5) is 27.4. The third-order valence-electron chi connectivity index (χ3n) is 3.80. The van der Waals surface area contributed by atoms with Crippen molar-refractivity contribution >= 4 is 29.4 Å². The highest BCUT2D eigenvalue weighted by molar-refractivity contribution is 8.00. The Balaban J connectivity index is 2.08. The van der Waals surface area contributed by atoms with Gasteiger partial charge in [0.15, 0.2) is 0 Å². The standard InChI is InChI=1S/C23H30N2O3S/c1-16(2)29-20-13-8-7-12-19(20)21(26)24-18-11-9-10-17(14-18)15-25(6)22(27)28-23(3,4)5/h7-14,16H,15H2,1-6H3,(H,24,26). The number of anilines is 1. The molecule has 0 spiro atoms. The second-order valence-corrected chi connectivity index (χ2v) is 9.77. The fourth-order valence-corrected chi connectivity index (χ4v) is 3.59. The normalized spacial score (nSPS) is 11.3. The predicted octanol–water partition coefficient (Wildman–Crippen LogP) is 5.81. The molecule has 1 N–H and O–H groups in total. The highest BCUT2D eigenvalue weighted by Crippen LogP contribution is 2.27. The van der Waals surface area contributed by atoms with E-state index in [1.807, 2.05) is 69.3 Å². The minimum Gasteiger partial charge on any atom is -0.444 e. The number of carbonyl (C=O) groups excluding carboxylic acids is 2. The molecule has 0 saturated heterocycles. The van der Waals surface area contributed by atoms with Crippen LogP contribution in [0.15, 0.2) is 53.4 Å². The monoisotopic (exact) mass is 414 g/mol. The molecule has 0 bridgehead atoms. The van der Waals surface area contributed by atoms with Crippen molar-refractivity contribution in [3.63, 3.8) is 0 Å². The molecule has 2 aromatic rings. The van der Waals surface area contributed by atoms with E-state index < -0.39 is 5.60 Å². The van der Waals surface area contributed by atoms with Crippen molar-refractivity contribution in [2.45, 2.75) is 56.9 Å². The lowest BCUT2D eigenvalue weighted by molar-refractivity contribution is 0.0285. The lowest BCUT2D eigenvalue weighted by atomic mass is 10.1. The third kappa shape index (κ3) is 7.46. The quantitative estimate of drug-likeness (QED) is 0.606. The first kappa shape index (κ1) is 22.8. The van der Waals surface area contributed by atoms with Gasteiger partial charge in [0.25, 0.3) is 5.91 Å². The molecule has 29 heavy (non-hydrogen) atoms. The van der Waals surface area contributed by atoms with Crippen molar-refractivity contribution in [3.8, 4) is 0 Å². The number of benzene rings is 2. The zero-order valence-corrected chi connectivity index (χ0v) is 18.8. The maximum Gasteiger partial charge on any atom is 0.410 e. The summed E-state index contributed by atoms with van der Waals surface area (Å²) in [5.74, 6) is -0.147. The molecular weight excluding hydrogens is 384 g/mol. The summed E-state index contributed by atoms with van der Waals surface area (Å²) in [7, 11) is 1.69. The molecule has 2 aromatic carbocycles. The topological polar surface area (TPSA) is 58.6 Å². The first-order valence-electron chi connectivity index (χ1n) is 9.65. The van der Waals surface area contributed by atoms with Gasteiger partial charge >= 0.3 is 6.09 Å². The van der Waals surface area contributed by atoms with Crippen LogP contribution in [0.2, 0.25) is 0 Å². The predicted molar refractivity (Wildman–Crippen MR) is 120 cm³/mol. The number of amides is 2. The highest BCUT2D eigenvalue weighted by atomic mass is 32.2. The molecule has 0 heterocycles. The molecular formula is C23H30N2O3S. The van der Waals surface area contributed by atoms with Gasteiger partial charge in [0.05, 0.1) is 5.56 Å². The van der Waals surface area contributed by atoms with Gasteiger partial charge in [-0.3, -0.25) is 4.79 Å². The van der Waals surface area contributed by atoms with Crippen LogP contribution in [0.3, 0.4) is 0 Å². The lowest BCUT2D eigenvalue weighted by Gasteiger charge is -2.24. The lowest BCUT2D eigenvalue weighted by Crippen LogP contribution is -2.33. The van der Waals surface area contributed by atoms with Crippen LogP contribution in [-0.2, 0) is 11.3 Å². The van der Waals surface area contributed by atoms with Crippen LogP contribution in [0.25, 0.3) is 0 Å². The molecule has 156 valence electrons. The molecule has 5 nitrogen and oxygen atoms in total. The molecule has 0 atom stereocenters. The molecule has 0 aromatic heterocycles. The van der Waals surface area contributed by atoms with Crippen molar-refractivity contribution in [1.82, 2.24) is 4.90 Å². The van der Waals surface area contributed by atoms with Crippen LogP contribution >= 0.6 is 11.8 Å². The van der Waals surface area contributed by atoms with Gasteiger partial charge in [0, 0.05) is 29.4 Å². The van der Waals surface area contributed by atoms with Gasteiger partial charge in [-0.25, -0.2) is 4.79 Å². The van der Waals surface area contributed by atoms with E-state index in [0.29, 0.717) is 23.0 Å². The van der Waals surface area contributed by atoms with Gasteiger partial charge in [0.2, 0.25) is 0 Å². The van der Waals surface area contributed by atoms with Crippen molar-refractivity contribution < 1.29 is 14.3 Å². The summed E-state index contributed by atoms with van der Waals surface area (Å²) in [5, 5.41) is 3.35. The van der Waals surface area contributed by atoms with E-state index in [1.165, 1.54) is 4.90 Å². The Morgan fingerprint density at radius 2 is 1.79 bits per heavy atom. The number of ether oxygens (including phenoxy) is 1. The Morgan fingerprint density at radius 1 is 1.10 bits per heavy atom. The SMILES string of the molecule is CC(C)Sc1ccccc1C(=O)Nc1cccc(CN(C)C(=O)OC(C)(C)C)c1. The largest absolute Gasteiger partial charge is 0.444 e. The molecule has 0 aliphatic heterocycles. The van der Waals surface area contributed by atoms with Crippen LogP contribution in [-0.4, -0.2) is 34.8 Å². The number of carbonyl (C=O) groups is 2. The van der Waals surface area contributed by atoms with Crippen molar-refractivity contribution in [3.05, 3.63) is 59.7 Å². The minimum absolute atomic E-state index is 0.147. The highest BCUT2D eigenvalue weighted by Gasteiger charge is 2.20. The first-order chi connectivity index (χ1) is 13.5. The smallest absolute Gasteiger partial charge is 0.410 e. The molecule has 0 aliphatic carbocycles. The van der Waals surface area contributed by atoms with Gasteiger partial charge < -0.3 is 15.0 Å². The fraction of sp³-hybridized carbons (Fsp3) is 0.391. The minimum atomic E-state index is -0.539. The first-order valence-corrected chi connectivity index (χ1v) is 10.5. The number of rotatable bonds is 6. The Labute approximate surface area is 177 Å². The average molecular weight is 415 g/mol. The molecule has 0 saturated carbocycles. The maximum atomic E-state index is 12.8. The average Bonchev–Trinajstić information content (AvgIpc) is 2.60. The molecule has 0 fully saturated rings. The van der Waals surface area contributed by atoms with Gasteiger partial charge in [-0.05, 0) is 50.6 Å². The van der Waals surface area contributed by atoms with Crippen molar-refractivity contribution in [2.75, 3.05) is 12.4 Å².